The molecule has 0 spiro atoms. The third kappa shape index (κ3) is 3.72. The van der Waals surface area contributed by atoms with Crippen LogP contribution in [0, 0.1) is 0 Å². The zero-order chi connectivity index (χ0) is 8.85. The van der Waals surface area contributed by atoms with Crippen LogP contribution in [-0.4, -0.2) is 45.5 Å². The number of aldehydes is 1. The number of hydrogen-bond donors (Lipinski definition) is 4. The highest BCUT2D eigenvalue weighted by Crippen LogP contribution is 1.96. The Morgan fingerprint density at radius 3 is 2.36 bits per heavy atom. The van der Waals surface area contributed by atoms with Crippen molar-refractivity contribution in [1.29, 1.82) is 0 Å². The average molecular weight is 162 g/mol. The third-order valence-corrected chi connectivity index (χ3v) is 1.04. The van der Waals surface area contributed by atoms with Gasteiger partial charge >= 0.3 is 0 Å². The standard InChI is InChI=1S/C6H10O5/c7-2-4(9)1-5(10)6(11)3-8/h1-2,5-6,8-11H,3H2/b4-1+. The second-order valence-corrected chi connectivity index (χ2v) is 1.95. The number of aliphatic hydroxyl groups is 4. The van der Waals surface area contributed by atoms with Crippen LogP contribution in [-0.2, 0) is 4.79 Å². The van der Waals surface area contributed by atoms with Gasteiger partial charge in [-0.3, -0.25) is 4.79 Å². The molecule has 11 heavy (non-hydrogen) atoms. The summed E-state index contributed by atoms with van der Waals surface area (Å²) in [5, 5.41) is 34.3. The molecule has 0 heterocycles. The van der Waals surface area contributed by atoms with E-state index in [1.165, 1.54) is 0 Å². The summed E-state index contributed by atoms with van der Waals surface area (Å²) < 4.78 is 0. The SMILES string of the molecule is O=C/C(O)=C\C(O)C(O)CO. The van der Waals surface area contributed by atoms with Gasteiger partial charge in [0, 0.05) is 0 Å². The van der Waals surface area contributed by atoms with E-state index in [9.17, 15) is 4.79 Å². The van der Waals surface area contributed by atoms with E-state index in [-0.39, 0.29) is 6.29 Å². The second kappa shape index (κ2) is 4.84. The summed E-state index contributed by atoms with van der Waals surface area (Å²) in [4.78, 5) is 9.78. The van der Waals surface area contributed by atoms with E-state index in [0.717, 1.165) is 6.08 Å². The third-order valence-electron chi connectivity index (χ3n) is 1.04. The summed E-state index contributed by atoms with van der Waals surface area (Å²) in [6.45, 7) is -0.635. The molecule has 0 aliphatic carbocycles. The molecule has 0 saturated heterocycles. The molecule has 2 unspecified atom stereocenters. The fourth-order valence-electron chi connectivity index (χ4n) is 0.433. The smallest absolute Gasteiger partial charge is 0.184 e. The molecule has 0 aliphatic rings. The maximum absolute atomic E-state index is 9.78. The van der Waals surface area contributed by atoms with Crippen LogP contribution in [0.15, 0.2) is 11.8 Å². The van der Waals surface area contributed by atoms with Crippen LogP contribution in [0.3, 0.4) is 0 Å². The maximum Gasteiger partial charge on any atom is 0.184 e. The van der Waals surface area contributed by atoms with Gasteiger partial charge in [-0.2, -0.15) is 0 Å². The molecule has 0 bridgehead atoms. The molecule has 0 saturated carbocycles. The summed E-state index contributed by atoms with van der Waals surface area (Å²) >= 11 is 0. The topological polar surface area (TPSA) is 98.0 Å². The van der Waals surface area contributed by atoms with Crippen molar-refractivity contribution < 1.29 is 25.2 Å². The van der Waals surface area contributed by atoms with Gasteiger partial charge in [0.25, 0.3) is 0 Å². The Morgan fingerprint density at radius 1 is 1.45 bits per heavy atom. The lowest BCUT2D eigenvalue weighted by atomic mass is 10.2. The van der Waals surface area contributed by atoms with Crippen molar-refractivity contribution in [3.63, 3.8) is 0 Å². The van der Waals surface area contributed by atoms with Gasteiger partial charge in [-0.25, -0.2) is 0 Å². The summed E-state index contributed by atoms with van der Waals surface area (Å²) in [5.74, 6) is -0.676. The molecule has 4 N–H and O–H groups in total. The first-order chi connectivity index (χ1) is 5.11. The Labute approximate surface area is 63.2 Å². The van der Waals surface area contributed by atoms with Gasteiger partial charge in [0.05, 0.1) is 6.61 Å². The number of carbonyl (C=O) groups excluding carboxylic acids is 1. The summed E-state index contributed by atoms with van der Waals surface area (Å²) in [5.41, 5.74) is 0. The summed E-state index contributed by atoms with van der Waals surface area (Å²) in [6.07, 6.45) is -1.94. The zero-order valence-electron chi connectivity index (χ0n) is 5.71. The zero-order valence-corrected chi connectivity index (χ0v) is 5.71. The van der Waals surface area contributed by atoms with Crippen LogP contribution >= 0.6 is 0 Å². The van der Waals surface area contributed by atoms with Crippen molar-refractivity contribution in [3.8, 4) is 0 Å². The Morgan fingerprint density at radius 2 is 2.00 bits per heavy atom. The van der Waals surface area contributed by atoms with Crippen LogP contribution in [0.2, 0.25) is 0 Å². The van der Waals surface area contributed by atoms with Gasteiger partial charge in [0.15, 0.2) is 12.0 Å². The summed E-state index contributed by atoms with van der Waals surface area (Å²) in [7, 11) is 0. The van der Waals surface area contributed by atoms with Crippen molar-refractivity contribution in [2.24, 2.45) is 0 Å². The van der Waals surface area contributed by atoms with E-state index >= 15 is 0 Å². The lowest BCUT2D eigenvalue weighted by Crippen LogP contribution is -2.27. The molecular weight excluding hydrogens is 152 g/mol. The first-order valence-electron chi connectivity index (χ1n) is 2.94. The molecule has 2 atom stereocenters. The van der Waals surface area contributed by atoms with Gasteiger partial charge in [0.2, 0.25) is 0 Å². The lowest BCUT2D eigenvalue weighted by molar-refractivity contribution is -0.107. The number of aliphatic hydroxyl groups excluding tert-OH is 4. The number of allylic oxidation sites excluding steroid dienone is 1. The predicted octanol–water partition coefficient (Wildman–Crippen LogP) is -1.66. The molecule has 5 nitrogen and oxygen atoms in total. The van der Waals surface area contributed by atoms with Crippen molar-refractivity contribution in [2.75, 3.05) is 6.61 Å². The molecule has 0 radical (unpaired) electrons. The van der Waals surface area contributed by atoms with Gasteiger partial charge in [-0.1, -0.05) is 0 Å². The molecule has 0 aromatic heterocycles. The van der Waals surface area contributed by atoms with Crippen molar-refractivity contribution in [1.82, 2.24) is 0 Å². The first-order valence-corrected chi connectivity index (χ1v) is 2.94. The van der Waals surface area contributed by atoms with Crippen LogP contribution in [0.5, 0.6) is 0 Å². The van der Waals surface area contributed by atoms with Crippen LogP contribution < -0.4 is 0 Å². The molecule has 0 fully saturated rings. The normalized spacial score (nSPS) is 17.5. The Hall–Kier alpha value is -0.910. The highest BCUT2D eigenvalue weighted by atomic mass is 16.4. The monoisotopic (exact) mass is 162 g/mol. The Balaban J connectivity index is 4.03. The minimum Gasteiger partial charge on any atom is -0.505 e. The highest BCUT2D eigenvalue weighted by molar-refractivity contribution is 5.69. The second-order valence-electron chi connectivity index (χ2n) is 1.95. The maximum atomic E-state index is 9.78. The van der Waals surface area contributed by atoms with Gasteiger partial charge in [-0.05, 0) is 6.08 Å². The Bertz CT molecular complexity index is 153. The van der Waals surface area contributed by atoms with Crippen LogP contribution in [0.1, 0.15) is 0 Å². The number of rotatable bonds is 4. The largest absolute Gasteiger partial charge is 0.505 e. The van der Waals surface area contributed by atoms with Crippen LogP contribution in [0.4, 0.5) is 0 Å². The number of hydrogen-bond acceptors (Lipinski definition) is 5. The van der Waals surface area contributed by atoms with Gasteiger partial charge in [0.1, 0.15) is 12.2 Å². The van der Waals surface area contributed by atoms with E-state index in [0.29, 0.717) is 0 Å². The number of carbonyl (C=O) groups is 1. The molecule has 5 heteroatoms. The van der Waals surface area contributed by atoms with E-state index < -0.39 is 24.6 Å². The fraction of sp³-hybridized carbons (Fsp3) is 0.500. The van der Waals surface area contributed by atoms with E-state index in [4.69, 9.17) is 20.4 Å². The average Bonchev–Trinajstić information content (AvgIpc) is 2.02. The van der Waals surface area contributed by atoms with Crippen molar-refractivity contribution in [2.45, 2.75) is 12.2 Å². The quantitative estimate of drug-likeness (QED) is 0.225. The highest BCUT2D eigenvalue weighted by Gasteiger charge is 2.12. The molecule has 0 aromatic carbocycles. The Kier molecular flexibility index (Phi) is 4.44. The van der Waals surface area contributed by atoms with Gasteiger partial charge < -0.3 is 20.4 Å². The van der Waals surface area contributed by atoms with Crippen molar-refractivity contribution in [3.05, 3.63) is 11.8 Å². The summed E-state index contributed by atoms with van der Waals surface area (Å²) in [6, 6.07) is 0. The fourth-order valence-corrected chi connectivity index (χ4v) is 0.433. The predicted molar refractivity (Wildman–Crippen MR) is 35.9 cm³/mol. The van der Waals surface area contributed by atoms with E-state index in [1.807, 2.05) is 0 Å². The minimum atomic E-state index is -1.43. The van der Waals surface area contributed by atoms with E-state index in [1.54, 1.807) is 0 Å². The molecule has 0 amide bonds. The molecule has 64 valence electrons. The first kappa shape index (κ1) is 10.1. The van der Waals surface area contributed by atoms with Gasteiger partial charge in [-0.15, -0.1) is 0 Å². The molecular formula is C6H10O5. The molecule has 0 aliphatic heterocycles. The molecule has 0 rings (SSSR count). The minimum absolute atomic E-state index is 0.118. The van der Waals surface area contributed by atoms with Crippen molar-refractivity contribution >= 4 is 6.29 Å². The lowest BCUT2D eigenvalue weighted by Gasteiger charge is -2.10. The molecule has 0 aromatic rings. The van der Waals surface area contributed by atoms with E-state index in [2.05, 4.69) is 0 Å². The van der Waals surface area contributed by atoms with Crippen LogP contribution in [0.25, 0.3) is 0 Å².